The van der Waals surface area contributed by atoms with Crippen molar-refractivity contribution in [3.63, 3.8) is 0 Å². The normalized spacial score (nSPS) is 10.9. The molecule has 0 radical (unpaired) electrons. The molecule has 2 aromatic rings. The molecule has 0 fully saturated rings. The largest absolute Gasteiger partial charge is 0.372 e. The molecule has 1 heterocycles. The Morgan fingerprint density at radius 3 is 2.30 bits per heavy atom. The van der Waals surface area contributed by atoms with E-state index in [1.165, 1.54) is 5.56 Å². The van der Waals surface area contributed by atoms with Gasteiger partial charge in [0.2, 0.25) is 0 Å². The third kappa shape index (κ3) is 3.01. The summed E-state index contributed by atoms with van der Waals surface area (Å²) in [4.78, 5) is 9.30. The van der Waals surface area contributed by atoms with Crippen LogP contribution in [0.25, 0.3) is 11.4 Å². The van der Waals surface area contributed by atoms with Gasteiger partial charge in [0.05, 0.1) is 10.2 Å². The number of hydrogen-bond donors (Lipinski definition) is 1. The quantitative estimate of drug-likeness (QED) is 0.886. The number of hydrogen-bond acceptors (Lipinski definition) is 3. The Kier molecular flexibility index (Phi) is 4.76. The van der Waals surface area contributed by atoms with Crippen LogP contribution >= 0.6 is 15.9 Å². The first-order valence-corrected chi connectivity index (χ1v) is 7.70. The van der Waals surface area contributed by atoms with Crippen molar-refractivity contribution in [2.45, 2.75) is 33.1 Å². The van der Waals surface area contributed by atoms with Gasteiger partial charge in [0.1, 0.15) is 5.82 Å². The smallest absolute Gasteiger partial charge is 0.161 e. The Labute approximate surface area is 129 Å². The molecule has 0 atom stereocenters. The molecule has 0 aliphatic carbocycles. The van der Waals surface area contributed by atoms with Crippen LogP contribution in [0.5, 0.6) is 0 Å². The van der Waals surface area contributed by atoms with Crippen molar-refractivity contribution in [1.29, 1.82) is 0 Å². The Bertz CT molecular complexity index is 591. The van der Waals surface area contributed by atoms with Crippen LogP contribution in [0.15, 0.2) is 28.7 Å². The molecular formula is C16H20BrN3. The lowest BCUT2D eigenvalue weighted by molar-refractivity contribution is 0.810. The fraction of sp³-hybridized carbons (Fsp3) is 0.375. The summed E-state index contributed by atoms with van der Waals surface area (Å²) in [5.41, 5.74) is 3.40. The van der Waals surface area contributed by atoms with E-state index in [4.69, 9.17) is 4.98 Å². The van der Waals surface area contributed by atoms with Gasteiger partial charge in [-0.15, -0.1) is 0 Å². The second-order valence-electron chi connectivity index (χ2n) is 5.05. The Balaban J connectivity index is 2.52. The lowest BCUT2D eigenvalue weighted by atomic mass is 10.1. The van der Waals surface area contributed by atoms with Crippen LogP contribution < -0.4 is 5.32 Å². The molecule has 0 spiro atoms. The van der Waals surface area contributed by atoms with Crippen LogP contribution in [0, 0.1) is 0 Å². The van der Waals surface area contributed by atoms with Crippen LogP contribution in [0.3, 0.4) is 0 Å². The van der Waals surface area contributed by atoms with Crippen molar-refractivity contribution in [1.82, 2.24) is 9.97 Å². The molecule has 0 aliphatic heterocycles. The van der Waals surface area contributed by atoms with Gasteiger partial charge in [-0.3, -0.25) is 0 Å². The van der Waals surface area contributed by atoms with Gasteiger partial charge >= 0.3 is 0 Å². The fourth-order valence-corrected chi connectivity index (χ4v) is 2.86. The number of benzene rings is 1. The molecule has 2 rings (SSSR count). The van der Waals surface area contributed by atoms with Gasteiger partial charge in [-0.25, -0.2) is 9.97 Å². The summed E-state index contributed by atoms with van der Waals surface area (Å²) in [6, 6.07) is 8.45. The summed E-state index contributed by atoms with van der Waals surface area (Å²) < 4.78 is 0.948. The standard InChI is InChI=1S/C16H20BrN3/c1-5-11-6-8-12(9-7-11)15-19-14(10(2)3)13(17)16(18-4)20-15/h6-10H,5H2,1-4H3,(H,18,19,20). The summed E-state index contributed by atoms with van der Waals surface area (Å²) in [5.74, 6) is 1.94. The van der Waals surface area contributed by atoms with Gasteiger partial charge in [0.15, 0.2) is 5.82 Å². The zero-order chi connectivity index (χ0) is 14.7. The lowest BCUT2D eigenvalue weighted by Gasteiger charge is -2.13. The van der Waals surface area contributed by atoms with E-state index >= 15 is 0 Å². The third-order valence-electron chi connectivity index (χ3n) is 3.28. The Morgan fingerprint density at radius 1 is 1.15 bits per heavy atom. The molecule has 1 aromatic heterocycles. The maximum atomic E-state index is 4.71. The van der Waals surface area contributed by atoms with E-state index in [-0.39, 0.29) is 0 Å². The summed E-state index contributed by atoms with van der Waals surface area (Å²) in [6.07, 6.45) is 1.04. The topological polar surface area (TPSA) is 37.8 Å². The van der Waals surface area contributed by atoms with Crippen molar-refractivity contribution in [2.75, 3.05) is 12.4 Å². The average Bonchev–Trinajstić information content (AvgIpc) is 2.47. The molecule has 0 saturated heterocycles. The Morgan fingerprint density at radius 2 is 1.80 bits per heavy atom. The average molecular weight is 334 g/mol. The van der Waals surface area contributed by atoms with Crippen LogP contribution in [-0.4, -0.2) is 17.0 Å². The molecule has 1 aromatic carbocycles. The first-order valence-electron chi connectivity index (χ1n) is 6.91. The summed E-state index contributed by atoms with van der Waals surface area (Å²) in [5, 5.41) is 3.13. The van der Waals surface area contributed by atoms with Gasteiger partial charge in [0.25, 0.3) is 0 Å². The Hall–Kier alpha value is -1.42. The SMILES string of the molecule is CCc1ccc(-c2nc(NC)c(Br)c(C(C)C)n2)cc1. The van der Waals surface area contributed by atoms with E-state index < -0.39 is 0 Å². The number of rotatable bonds is 4. The van der Waals surface area contributed by atoms with E-state index in [0.717, 1.165) is 33.8 Å². The molecule has 1 N–H and O–H groups in total. The van der Waals surface area contributed by atoms with E-state index in [1.807, 2.05) is 7.05 Å². The van der Waals surface area contributed by atoms with E-state index in [2.05, 4.69) is 71.3 Å². The molecule has 0 amide bonds. The summed E-state index contributed by atoms with van der Waals surface area (Å²) in [6.45, 7) is 6.42. The first kappa shape index (κ1) is 15.0. The van der Waals surface area contributed by atoms with Crippen molar-refractivity contribution in [3.8, 4) is 11.4 Å². The minimum atomic E-state index is 0.341. The second-order valence-corrected chi connectivity index (χ2v) is 5.84. The van der Waals surface area contributed by atoms with Gasteiger partial charge in [-0.2, -0.15) is 0 Å². The highest BCUT2D eigenvalue weighted by Gasteiger charge is 2.15. The maximum Gasteiger partial charge on any atom is 0.161 e. The van der Waals surface area contributed by atoms with Crippen molar-refractivity contribution < 1.29 is 0 Å². The van der Waals surface area contributed by atoms with Crippen molar-refractivity contribution in [3.05, 3.63) is 40.0 Å². The van der Waals surface area contributed by atoms with Gasteiger partial charge < -0.3 is 5.32 Å². The van der Waals surface area contributed by atoms with Crippen LogP contribution in [0.2, 0.25) is 0 Å². The molecule has 106 valence electrons. The monoisotopic (exact) mass is 333 g/mol. The number of anilines is 1. The number of halogens is 1. The molecule has 0 bridgehead atoms. The predicted molar refractivity (Wildman–Crippen MR) is 88.2 cm³/mol. The minimum absolute atomic E-state index is 0.341. The highest BCUT2D eigenvalue weighted by atomic mass is 79.9. The van der Waals surface area contributed by atoms with Gasteiger partial charge in [0, 0.05) is 12.6 Å². The second kappa shape index (κ2) is 6.35. The van der Waals surface area contributed by atoms with E-state index in [9.17, 15) is 0 Å². The molecule has 0 aliphatic rings. The van der Waals surface area contributed by atoms with Crippen molar-refractivity contribution in [2.24, 2.45) is 0 Å². The number of nitrogens with one attached hydrogen (secondary N) is 1. The molecule has 3 nitrogen and oxygen atoms in total. The zero-order valence-electron chi connectivity index (χ0n) is 12.4. The van der Waals surface area contributed by atoms with Crippen molar-refractivity contribution >= 4 is 21.7 Å². The fourth-order valence-electron chi connectivity index (χ4n) is 2.03. The van der Waals surface area contributed by atoms with Crippen LogP contribution in [-0.2, 0) is 6.42 Å². The highest BCUT2D eigenvalue weighted by Crippen LogP contribution is 2.31. The molecule has 0 unspecified atom stereocenters. The maximum absolute atomic E-state index is 4.71. The molecule has 20 heavy (non-hydrogen) atoms. The van der Waals surface area contributed by atoms with Crippen LogP contribution in [0.1, 0.15) is 37.9 Å². The predicted octanol–water partition coefficient (Wildman–Crippen LogP) is 4.63. The first-order chi connectivity index (χ1) is 9.56. The summed E-state index contributed by atoms with van der Waals surface area (Å²) >= 11 is 3.58. The molecular weight excluding hydrogens is 314 g/mol. The van der Waals surface area contributed by atoms with Gasteiger partial charge in [-0.05, 0) is 33.8 Å². The van der Waals surface area contributed by atoms with E-state index in [1.54, 1.807) is 0 Å². The number of aromatic nitrogens is 2. The van der Waals surface area contributed by atoms with E-state index in [0.29, 0.717) is 5.92 Å². The highest BCUT2D eigenvalue weighted by molar-refractivity contribution is 9.10. The van der Waals surface area contributed by atoms with Gasteiger partial charge in [-0.1, -0.05) is 45.0 Å². The number of aryl methyl sites for hydroxylation is 1. The van der Waals surface area contributed by atoms with Crippen LogP contribution in [0.4, 0.5) is 5.82 Å². The lowest BCUT2D eigenvalue weighted by Crippen LogP contribution is -2.04. The minimum Gasteiger partial charge on any atom is -0.372 e. The third-order valence-corrected chi connectivity index (χ3v) is 4.06. The zero-order valence-corrected chi connectivity index (χ0v) is 14.0. The summed E-state index contributed by atoms with van der Waals surface area (Å²) in [7, 11) is 1.88. The molecule has 0 saturated carbocycles. The molecule has 4 heteroatoms. The number of nitrogens with zero attached hydrogens (tertiary/aromatic N) is 2.